The second-order valence-corrected chi connectivity index (χ2v) is 3.45. The summed E-state index contributed by atoms with van der Waals surface area (Å²) >= 11 is 0. The molecule has 0 spiro atoms. The molecule has 0 amide bonds. The van der Waals surface area contributed by atoms with Gasteiger partial charge in [0.2, 0.25) is 0 Å². The maximum absolute atomic E-state index is 5.33. The first-order valence-corrected chi connectivity index (χ1v) is 5.19. The van der Waals surface area contributed by atoms with Gasteiger partial charge in [0, 0.05) is 20.3 Å². The van der Waals surface area contributed by atoms with E-state index in [1.807, 2.05) is 6.92 Å². The molecule has 0 rings (SSSR count). The van der Waals surface area contributed by atoms with Crippen molar-refractivity contribution in [2.24, 2.45) is 0 Å². The summed E-state index contributed by atoms with van der Waals surface area (Å²) in [6.07, 6.45) is 2.26. The van der Waals surface area contributed by atoms with Crippen molar-refractivity contribution in [1.82, 2.24) is 5.32 Å². The SMILES string of the molecule is C=C(C)CNCCCCOCCOC. The topological polar surface area (TPSA) is 30.5 Å². The van der Waals surface area contributed by atoms with Gasteiger partial charge in [-0.2, -0.15) is 0 Å². The molecule has 0 saturated heterocycles. The van der Waals surface area contributed by atoms with Gasteiger partial charge in [-0.15, -0.1) is 0 Å². The van der Waals surface area contributed by atoms with Crippen molar-refractivity contribution in [3.8, 4) is 0 Å². The van der Waals surface area contributed by atoms with E-state index in [0.29, 0.717) is 13.2 Å². The molecule has 84 valence electrons. The van der Waals surface area contributed by atoms with Gasteiger partial charge in [-0.3, -0.25) is 0 Å². The van der Waals surface area contributed by atoms with Gasteiger partial charge in [0.15, 0.2) is 0 Å². The summed E-state index contributed by atoms with van der Waals surface area (Å²) < 4.78 is 10.2. The molecule has 14 heavy (non-hydrogen) atoms. The highest BCUT2D eigenvalue weighted by atomic mass is 16.5. The number of ether oxygens (including phenoxy) is 2. The molecule has 0 unspecified atom stereocenters. The Hall–Kier alpha value is -0.380. The zero-order valence-electron chi connectivity index (χ0n) is 9.47. The predicted octanol–water partition coefficient (Wildman–Crippen LogP) is 1.60. The third-order valence-corrected chi connectivity index (χ3v) is 1.75. The monoisotopic (exact) mass is 201 g/mol. The first-order chi connectivity index (χ1) is 6.77. The Bertz CT molecular complexity index is 137. The first kappa shape index (κ1) is 13.6. The lowest BCUT2D eigenvalue weighted by atomic mass is 10.3. The van der Waals surface area contributed by atoms with Gasteiger partial charge in [0.05, 0.1) is 13.2 Å². The molecule has 0 aromatic carbocycles. The largest absolute Gasteiger partial charge is 0.382 e. The molecule has 3 nitrogen and oxygen atoms in total. The highest BCUT2D eigenvalue weighted by Gasteiger charge is 1.90. The van der Waals surface area contributed by atoms with Gasteiger partial charge in [-0.1, -0.05) is 12.2 Å². The summed E-state index contributed by atoms with van der Waals surface area (Å²) in [5.41, 5.74) is 1.18. The van der Waals surface area contributed by atoms with Gasteiger partial charge >= 0.3 is 0 Å². The molecule has 1 N–H and O–H groups in total. The molecule has 0 saturated carbocycles. The summed E-state index contributed by atoms with van der Waals surface area (Å²) in [6, 6.07) is 0. The smallest absolute Gasteiger partial charge is 0.0700 e. The molecular formula is C11H23NO2. The van der Waals surface area contributed by atoms with Crippen LogP contribution in [0.2, 0.25) is 0 Å². The average Bonchev–Trinajstić information content (AvgIpc) is 2.15. The summed E-state index contributed by atoms with van der Waals surface area (Å²) in [5.74, 6) is 0. The summed E-state index contributed by atoms with van der Waals surface area (Å²) in [4.78, 5) is 0. The fourth-order valence-electron chi connectivity index (χ4n) is 1.00. The molecule has 0 aromatic heterocycles. The van der Waals surface area contributed by atoms with Crippen LogP contribution in [0.4, 0.5) is 0 Å². The van der Waals surface area contributed by atoms with Crippen LogP contribution in [-0.2, 0) is 9.47 Å². The molecule has 0 atom stereocenters. The van der Waals surface area contributed by atoms with Crippen molar-refractivity contribution >= 4 is 0 Å². The number of unbranched alkanes of at least 4 members (excludes halogenated alkanes) is 1. The van der Waals surface area contributed by atoms with Crippen molar-refractivity contribution in [3.63, 3.8) is 0 Å². The highest BCUT2D eigenvalue weighted by Crippen LogP contribution is 1.89. The van der Waals surface area contributed by atoms with Crippen LogP contribution in [-0.4, -0.2) is 40.0 Å². The van der Waals surface area contributed by atoms with Crippen molar-refractivity contribution in [1.29, 1.82) is 0 Å². The fourth-order valence-corrected chi connectivity index (χ4v) is 1.00. The van der Waals surface area contributed by atoms with E-state index in [-0.39, 0.29) is 0 Å². The molecule has 0 aliphatic carbocycles. The Balaban J connectivity index is 2.88. The van der Waals surface area contributed by atoms with Crippen molar-refractivity contribution in [2.45, 2.75) is 19.8 Å². The summed E-state index contributed by atoms with van der Waals surface area (Å²) in [6.45, 7) is 10.0. The molecule has 0 aliphatic heterocycles. The normalized spacial score (nSPS) is 10.4. The number of hydrogen-bond donors (Lipinski definition) is 1. The minimum absolute atomic E-state index is 0.688. The van der Waals surface area contributed by atoms with Crippen LogP contribution in [0.5, 0.6) is 0 Å². The Morgan fingerprint density at radius 2 is 2.00 bits per heavy atom. The van der Waals surface area contributed by atoms with Gasteiger partial charge in [-0.25, -0.2) is 0 Å². The van der Waals surface area contributed by atoms with Crippen LogP contribution in [0.1, 0.15) is 19.8 Å². The molecule has 0 aromatic rings. The molecule has 0 bridgehead atoms. The third kappa shape index (κ3) is 11.6. The summed E-state index contributed by atoms with van der Waals surface area (Å²) in [7, 11) is 1.69. The number of rotatable bonds is 10. The minimum atomic E-state index is 0.688. The molecule has 0 fully saturated rings. The van der Waals surface area contributed by atoms with Crippen LogP contribution in [0.25, 0.3) is 0 Å². The van der Waals surface area contributed by atoms with Crippen molar-refractivity contribution < 1.29 is 9.47 Å². The Labute approximate surface area is 87.5 Å². The standard InChI is InChI=1S/C11H23NO2/c1-11(2)10-12-6-4-5-7-14-9-8-13-3/h12H,1,4-10H2,2-3H3. The predicted molar refractivity (Wildman–Crippen MR) is 59.6 cm³/mol. The van der Waals surface area contributed by atoms with Gasteiger partial charge in [0.1, 0.15) is 0 Å². The van der Waals surface area contributed by atoms with Crippen molar-refractivity contribution in [2.75, 3.05) is 40.0 Å². The fraction of sp³-hybridized carbons (Fsp3) is 0.818. The molecule has 0 aliphatic rings. The van der Waals surface area contributed by atoms with E-state index in [4.69, 9.17) is 9.47 Å². The Kier molecular flexibility index (Phi) is 10.4. The lowest BCUT2D eigenvalue weighted by Crippen LogP contribution is -2.17. The number of methoxy groups -OCH3 is 1. The number of nitrogens with one attached hydrogen (secondary N) is 1. The zero-order valence-corrected chi connectivity index (χ0v) is 9.47. The van der Waals surface area contributed by atoms with E-state index in [1.54, 1.807) is 7.11 Å². The third-order valence-electron chi connectivity index (χ3n) is 1.75. The van der Waals surface area contributed by atoms with E-state index in [9.17, 15) is 0 Å². The first-order valence-electron chi connectivity index (χ1n) is 5.19. The molecular weight excluding hydrogens is 178 g/mol. The van der Waals surface area contributed by atoms with E-state index in [1.165, 1.54) is 5.57 Å². The van der Waals surface area contributed by atoms with Crippen LogP contribution >= 0.6 is 0 Å². The Morgan fingerprint density at radius 3 is 2.64 bits per heavy atom. The van der Waals surface area contributed by atoms with Gasteiger partial charge in [-0.05, 0) is 26.3 Å². The lowest BCUT2D eigenvalue weighted by Gasteiger charge is -2.05. The lowest BCUT2D eigenvalue weighted by molar-refractivity contribution is 0.0688. The van der Waals surface area contributed by atoms with Crippen molar-refractivity contribution in [3.05, 3.63) is 12.2 Å². The Morgan fingerprint density at radius 1 is 1.21 bits per heavy atom. The second-order valence-electron chi connectivity index (χ2n) is 3.45. The molecule has 3 heteroatoms. The zero-order chi connectivity index (χ0) is 10.6. The van der Waals surface area contributed by atoms with Gasteiger partial charge < -0.3 is 14.8 Å². The molecule has 0 radical (unpaired) electrons. The average molecular weight is 201 g/mol. The van der Waals surface area contributed by atoms with E-state index in [0.717, 1.165) is 32.5 Å². The van der Waals surface area contributed by atoms with Crippen LogP contribution in [0, 0.1) is 0 Å². The highest BCUT2D eigenvalue weighted by molar-refractivity contribution is 4.90. The van der Waals surface area contributed by atoms with Crippen LogP contribution in [0.15, 0.2) is 12.2 Å². The summed E-state index contributed by atoms with van der Waals surface area (Å²) in [5, 5.41) is 3.31. The maximum atomic E-state index is 5.33. The van der Waals surface area contributed by atoms with E-state index >= 15 is 0 Å². The van der Waals surface area contributed by atoms with E-state index < -0.39 is 0 Å². The quantitative estimate of drug-likeness (QED) is 0.430. The van der Waals surface area contributed by atoms with E-state index in [2.05, 4.69) is 11.9 Å². The number of hydrogen-bond acceptors (Lipinski definition) is 3. The van der Waals surface area contributed by atoms with Crippen LogP contribution in [0.3, 0.4) is 0 Å². The maximum Gasteiger partial charge on any atom is 0.0700 e. The van der Waals surface area contributed by atoms with Gasteiger partial charge in [0.25, 0.3) is 0 Å². The minimum Gasteiger partial charge on any atom is -0.382 e. The second kappa shape index (κ2) is 10.7. The molecule has 0 heterocycles. The van der Waals surface area contributed by atoms with Crippen LogP contribution < -0.4 is 5.32 Å².